The molecule has 1 aliphatic carbocycles. The third-order valence-electron chi connectivity index (χ3n) is 4.30. The molecule has 116 valence electrons. The van der Waals surface area contributed by atoms with Gasteiger partial charge in [0.15, 0.2) is 0 Å². The Morgan fingerprint density at radius 3 is 2.82 bits per heavy atom. The van der Waals surface area contributed by atoms with E-state index in [9.17, 15) is 4.79 Å². The lowest BCUT2D eigenvalue weighted by molar-refractivity contribution is 0.0906. The van der Waals surface area contributed by atoms with Crippen molar-refractivity contribution < 1.29 is 4.79 Å². The summed E-state index contributed by atoms with van der Waals surface area (Å²) in [6, 6.07) is 12.4. The Morgan fingerprint density at radius 1 is 1.32 bits per heavy atom. The normalized spacial score (nSPS) is 16.0. The summed E-state index contributed by atoms with van der Waals surface area (Å²) in [7, 11) is 0. The number of rotatable bonds is 6. The van der Waals surface area contributed by atoms with E-state index in [-0.39, 0.29) is 11.9 Å². The SMILES string of the molecule is C[C@H](NC(=O)c1ccccc1SCc1cccs1)C1CCC1. The third-order valence-corrected chi connectivity index (χ3v) is 6.48. The summed E-state index contributed by atoms with van der Waals surface area (Å²) in [6.45, 7) is 2.13. The van der Waals surface area contributed by atoms with Crippen molar-refractivity contribution in [3.8, 4) is 0 Å². The molecular formula is C18H21NOS2. The average Bonchev–Trinajstić information content (AvgIpc) is 2.96. The van der Waals surface area contributed by atoms with E-state index in [1.165, 1.54) is 24.1 Å². The second kappa shape index (κ2) is 7.34. The molecule has 0 aliphatic heterocycles. The second-order valence-corrected chi connectivity index (χ2v) is 7.87. The standard InChI is InChI=1S/C18H21NOS2/c1-13(14-6-4-7-14)19-18(20)16-9-2-3-10-17(16)22-12-15-8-5-11-21-15/h2-3,5,8-11,13-14H,4,6-7,12H2,1H3,(H,19,20)/t13-/m0/s1. The molecule has 2 nitrogen and oxygen atoms in total. The molecule has 1 amide bonds. The van der Waals surface area contributed by atoms with Crippen molar-refractivity contribution in [1.82, 2.24) is 5.32 Å². The van der Waals surface area contributed by atoms with Crippen molar-refractivity contribution in [3.63, 3.8) is 0 Å². The van der Waals surface area contributed by atoms with Crippen molar-refractivity contribution >= 4 is 29.0 Å². The van der Waals surface area contributed by atoms with Gasteiger partial charge in [-0.2, -0.15) is 0 Å². The molecule has 1 atom stereocenters. The number of amides is 1. The molecule has 1 heterocycles. The highest BCUT2D eigenvalue weighted by Crippen LogP contribution is 2.31. The fourth-order valence-corrected chi connectivity index (χ4v) is 4.49. The maximum atomic E-state index is 12.6. The topological polar surface area (TPSA) is 29.1 Å². The van der Waals surface area contributed by atoms with Crippen molar-refractivity contribution in [2.24, 2.45) is 5.92 Å². The monoisotopic (exact) mass is 331 g/mol. The largest absolute Gasteiger partial charge is 0.349 e. The van der Waals surface area contributed by atoms with E-state index >= 15 is 0 Å². The van der Waals surface area contributed by atoms with Gasteiger partial charge in [-0.25, -0.2) is 0 Å². The van der Waals surface area contributed by atoms with Gasteiger partial charge in [0.25, 0.3) is 5.91 Å². The van der Waals surface area contributed by atoms with Crippen LogP contribution >= 0.6 is 23.1 Å². The van der Waals surface area contributed by atoms with Crippen molar-refractivity contribution in [2.75, 3.05) is 0 Å². The molecule has 0 spiro atoms. The van der Waals surface area contributed by atoms with Crippen LogP contribution < -0.4 is 5.32 Å². The van der Waals surface area contributed by atoms with E-state index in [2.05, 4.69) is 29.8 Å². The molecule has 0 unspecified atom stereocenters. The van der Waals surface area contributed by atoms with E-state index in [1.807, 2.05) is 24.3 Å². The predicted molar refractivity (Wildman–Crippen MR) is 94.6 cm³/mol. The molecule has 2 aromatic rings. The molecule has 4 heteroatoms. The number of thioether (sulfide) groups is 1. The molecule has 1 aromatic carbocycles. The van der Waals surface area contributed by atoms with Crippen LogP contribution in [0.1, 0.15) is 41.4 Å². The smallest absolute Gasteiger partial charge is 0.252 e. The van der Waals surface area contributed by atoms with Crippen LogP contribution in [0.2, 0.25) is 0 Å². The van der Waals surface area contributed by atoms with E-state index < -0.39 is 0 Å². The number of nitrogens with one attached hydrogen (secondary N) is 1. The van der Waals surface area contributed by atoms with Crippen LogP contribution in [0.3, 0.4) is 0 Å². The summed E-state index contributed by atoms with van der Waals surface area (Å²) in [4.78, 5) is 15.0. The van der Waals surface area contributed by atoms with Gasteiger partial charge in [0.05, 0.1) is 5.56 Å². The molecule has 3 rings (SSSR count). The maximum Gasteiger partial charge on any atom is 0.252 e. The Morgan fingerprint density at radius 2 is 2.14 bits per heavy atom. The highest BCUT2D eigenvalue weighted by atomic mass is 32.2. The zero-order valence-corrected chi connectivity index (χ0v) is 14.4. The van der Waals surface area contributed by atoms with Crippen LogP contribution in [0.15, 0.2) is 46.7 Å². The average molecular weight is 332 g/mol. The van der Waals surface area contributed by atoms with Gasteiger partial charge in [-0.15, -0.1) is 23.1 Å². The van der Waals surface area contributed by atoms with Gasteiger partial charge < -0.3 is 5.32 Å². The Balaban J connectivity index is 1.65. The number of hydrogen-bond acceptors (Lipinski definition) is 3. The number of thiophene rings is 1. The van der Waals surface area contributed by atoms with Gasteiger partial charge >= 0.3 is 0 Å². The van der Waals surface area contributed by atoms with E-state index in [1.54, 1.807) is 23.1 Å². The zero-order valence-electron chi connectivity index (χ0n) is 12.7. The van der Waals surface area contributed by atoms with Gasteiger partial charge in [0.2, 0.25) is 0 Å². The highest BCUT2D eigenvalue weighted by molar-refractivity contribution is 7.98. The first-order valence-corrected chi connectivity index (χ1v) is 9.65. The lowest BCUT2D eigenvalue weighted by Gasteiger charge is -2.32. The van der Waals surface area contributed by atoms with Gasteiger partial charge in [0.1, 0.15) is 0 Å². The van der Waals surface area contributed by atoms with Crippen molar-refractivity contribution in [1.29, 1.82) is 0 Å². The molecule has 0 radical (unpaired) electrons. The van der Waals surface area contributed by atoms with Crippen LogP contribution in [-0.4, -0.2) is 11.9 Å². The summed E-state index contributed by atoms with van der Waals surface area (Å²) in [5.74, 6) is 1.64. The minimum atomic E-state index is 0.0636. The van der Waals surface area contributed by atoms with Gasteiger partial charge in [-0.3, -0.25) is 4.79 Å². The Bertz CT molecular complexity index is 620. The minimum Gasteiger partial charge on any atom is -0.349 e. The van der Waals surface area contributed by atoms with Gasteiger partial charge in [-0.05, 0) is 49.3 Å². The summed E-state index contributed by atoms with van der Waals surface area (Å²) < 4.78 is 0. The van der Waals surface area contributed by atoms with Crippen LogP contribution in [0.25, 0.3) is 0 Å². The van der Waals surface area contributed by atoms with E-state index in [4.69, 9.17) is 0 Å². The Kier molecular flexibility index (Phi) is 5.21. The minimum absolute atomic E-state index is 0.0636. The van der Waals surface area contributed by atoms with Crippen LogP contribution in [-0.2, 0) is 5.75 Å². The highest BCUT2D eigenvalue weighted by Gasteiger charge is 2.25. The maximum absolute atomic E-state index is 12.6. The second-order valence-electron chi connectivity index (χ2n) is 5.82. The molecule has 1 saturated carbocycles. The van der Waals surface area contributed by atoms with Crippen LogP contribution in [0.4, 0.5) is 0 Å². The molecule has 0 bridgehead atoms. The van der Waals surface area contributed by atoms with Crippen molar-refractivity contribution in [3.05, 3.63) is 52.2 Å². The van der Waals surface area contributed by atoms with Gasteiger partial charge in [-0.1, -0.05) is 24.6 Å². The number of benzene rings is 1. The molecule has 22 heavy (non-hydrogen) atoms. The lowest BCUT2D eigenvalue weighted by atomic mass is 9.80. The Hall–Kier alpha value is -1.26. The first-order valence-electron chi connectivity index (χ1n) is 7.79. The number of carbonyl (C=O) groups is 1. The van der Waals surface area contributed by atoms with Gasteiger partial charge in [0, 0.05) is 21.6 Å². The number of hydrogen-bond donors (Lipinski definition) is 1. The lowest BCUT2D eigenvalue weighted by Crippen LogP contribution is -2.40. The molecule has 0 saturated heterocycles. The fourth-order valence-electron chi connectivity index (χ4n) is 2.67. The zero-order chi connectivity index (χ0) is 15.4. The van der Waals surface area contributed by atoms with E-state index in [0.717, 1.165) is 16.2 Å². The molecule has 1 N–H and O–H groups in total. The number of carbonyl (C=O) groups excluding carboxylic acids is 1. The molecule has 1 aromatic heterocycles. The van der Waals surface area contributed by atoms with Crippen molar-refractivity contribution in [2.45, 2.75) is 42.9 Å². The first kappa shape index (κ1) is 15.6. The first-order chi connectivity index (χ1) is 10.7. The quantitative estimate of drug-likeness (QED) is 0.758. The summed E-state index contributed by atoms with van der Waals surface area (Å²) >= 11 is 3.50. The molecular weight excluding hydrogens is 310 g/mol. The summed E-state index contributed by atoms with van der Waals surface area (Å²) in [5.41, 5.74) is 0.801. The summed E-state index contributed by atoms with van der Waals surface area (Å²) in [5, 5.41) is 5.27. The van der Waals surface area contributed by atoms with E-state index in [0.29, 0.717) is 5.92 Å². The van der Waals surface area contributed by atoms with Crippen LogP contribution in [0, 0.1) is 5.92 Å². The summed E-state index contributed by atoms with van der Waals surface area (Å²) in [6.07, 6.45) is 3.80. The fraction of sp³-hybridized carbons (Fsp3) is 0.389. The third kappa shape index (κ3) is 3.73. The predicted octanol–water partition coefficient (Wildman–Crippen LogP) is 4.96. The molecule has 1 fully saturated rings. The van der Waals surface area contributed by atoms with Crippen LogP contribution in [0.5, 0.6) is 0 Å². The molecule has 1 aliphatic rings. The Labute approximate surface area is 140 Å².